The lowest BCUT2D eigenvalue weighted by Gasteiger charge is -2.01. The van der Waals surface area contributed by atoms with E-state index in [0.29, 0.717) is 5.92 Å². The third kappa shape index (κ3) is 3.21. The first-order chi connectivity index (χ1) is 9.08. The average Bonchev–Trinajstić information content (AvgIpc) is 3.05. The third-order valence-corrected chi connectivity index (χ3v) is 2.88. The number of tetrazole rings is 2. The van der Waals surface area contributed by atoms with Crippen LogP contribution in [0.25, 0.3) is 5.70 Å². The fourth-order valence-electron chi connectivity index (χ4n) is 1.57. The van der Waals surface area contributed by atoms with Gasteiger partial charge in [0.2, 0.25) is 0 Å². The summed E-state index contributed by atoms with van der Waals surface area (Å²) in [6, 6.07) is 0. The van der Waals surface area contributed by atoms with E-state index in [4.69, 9.17) is 0 Å². The Labute approximate surface area is 111 Å². The van der Waals surface area contributed by atoms with Crippen molar-refractivity contribution in [1.29, 1.82) is 0 Å². The smallest absolute Gasteiger partial charge is 0.177 e. The normalized spacial score (nSPS) is 14.1. The first-order valence-corrected chi connectivity index (χ1v) is 6.33. The molecule has 0 aromatic carbocycles. The fraction of sp³-hybridized carbons (Fsp3) is 0.636. The van der Waals surface area contributed by atoms with E-state index < -0.39 is 0 Å². The maximum atomic E-state index is 4.38. The lowest BCUT2D eigenvalue weighted by molar-refractivity contribution is -0.704. The molecule has 2 aromatic rings. The summed E-state index contributed by atoms with van der Waals surface area (Å²) in [5.41, 5.74) is 0.995. The highest BCUT2D eigenvalue weighted by Gasteiger charge is 2.16. The summed E-state index contributed by atoms with van der Waals surface area (Å²) < 4.78 is 0. The van der Waals surface area contributed by atoms with Crippen LogP contribution in [0.15, 0.2) is 6.08 Å². The van der Waals surface area contributed by atoms with E-state index in [1.165, 1.54) is 0 Å². The van der Waals surface area contributed by atoms with Gasteiger partial charge in [0.1, 0.15) is 5.70 Å². The van der Waals surface area contributed by atoms with Crippen molar-refractivity contribution in [2.24, 2.45) is 0 Å². The molecule has 2 N–H and O–H groups in total. The molecule has 19 heavy (non-hydrogen) atoms. The number of H-pyrrole nitrogens is 2. The molecule has 102 valence electrons. The molecular weight excluding hydrogens is 244 g/mol. The molecule has 2 rings (SSSR count). The molecule has 0 bridgehead atoms. The third-order valence-electron chi connectivity index (χ3n) is 2.88. The van der Waals surface area contributed by atoms with Crippen LogP contribution in [0.2, 0.25) is 0 Å². The minimum Gasteiger partial charge on any atom is -0.177 e. The van der Waals surface area contributed by atoms with Gasteiger partial charge in [-0.2, -0.15) is 5.21 Å². The van der Waals surface area contributed by atoms with E-state index in [1.807, 2.05) is 6.92 Å². The highest BCUT2D eigenvalue weighted by Crippen LogP contribution is 2.14. The van der Waals surface area contributed by atoms with Crippen molar-refractivity contribution in [3.63, 3.8) is 0 Å². The fourth-order valence-corrected chi connectivity index (χ4v) is 1.57. The van der Waals surface area contributed by atoms with Crippen LogP contribution in [0.4, 0.5) is 0 Å². The van der Waals surface area contributed by atoms with Crippen molar-refractivity contribution in [3.8, 4) is 0 Å². The molecule has 0 radical (unpaired) electrons. The molecule has 0 aliphatic rings. The second kappa shape index (κ2) is 5.68. The Balaban J connectivity index is 2.02. The minimum absolute atomic E-state index is 0.210. The van der Waals surface area contributed by atoms with Crippen LogP contribution >= 0.6 is 0 Å². The largest absolute Gasteiger partial charge is 0.311 e. The Morgan fingerprint density at radius 2 is 2.05 bits per heavy atom. The van der Waals surface area contributed by atoms with E-state index in [9.17, 15) is 0 Å². The van der Waals surface area contributed by atoms with E-state index in [0.717, 1.165) is 23.8 Å². The first kappa shape index (κ1) is 13.3. The van der Waals surface area contributed by atoms with Gasteiger partial charge in [-0.3, -0.25) is 0 Å². The molecule has 0 spiro atoms. The topological polar surface area (TPSA) is 99.9 Å². The van der Waals surface area contributed by atoms with Crippen molar-refractivity contribution < 1.29 is 4.80 Å². The van der Waals surface area contributed by atoms with Crippen molar-refractivity contribution in [1.82, 2.24) is 36.0 Å². The summed E-state index contributed by atoms with van der Waals surface area (Å²) in [5.74, 6) is 2.04. The van der Waals surface area contributed by atoms with E-state index in [1.54, 1.807) is 4.80 Å². The van der Waals surface area contributed by atoms with Gasteiger partial charge in [-0.15, -0.1) is 10.2 Å². The number of rotatable bonds is 5. The summed E-state index contributed by atoms with van der Waals surface area (Å²) in [6.45, 7) is 8.16. The molecule has 2 heterocycles. The number of hydrogen-bond donors (Lipinski definition) is 2. The molecule has 0 fully saturated rings. The first-order valence-electron chi connectivity index (χ1n) is 6.33. The van der Waals surface area contributed by atoms with Gasteiger partial charge in [-0.05, 0) is 27.6 Å². The number of allylic oxidation sites excluding steroid dienone is 2. The molecule has 0 aliphatic carbocycles. The van der Waals surface area contributed by atoms with E-state index in [2.05, 4.69) is 62.9 Å². The maximum Gasteiger partial charge on any atom is 0.311 e. The predicted molar refractivity (Wildman–Crippen MR) is 67.8 cm³/mol. The maximum absolute atomic E-state index is 4.38. The molecule has 8 nitrogen and oxygen atoms in total. The van der Waals surface area contributed by atoms with Gasteiger partial charge in [-0.1, -0.05) is 26.0 Å². The van der Waals surface area contributed by atoms with Crippen LogP contribution in [0.1, 0.15) is 57.6 Å². The standard InChI is InChI=1S/C11H18N8/c1-7(2)10-14-18-19(15-10)9(4)6-5-8(3)11-12-16-17-13-11/h6-8H,5H2,1-4H3,(H,12,13,16,17)/p+1/b9-6-. The Bertz CT molecular complexity index is 539. The molecule has 8 heteroatoms. The van der Waals surface area contributed by atoms with Gasteiger partial charge >= 0.3 is 5.82 Å². The van der Waals surface area contributed by atoms with Crippen LogP contribution in [-0.2, 0) is 0 Å². The summed E-state index contributed by atoms with van der Waals surface area (Å²) in [5, 5.41) is 25.4. The van der Waals surface area contributed by atoms with Gasteiger partial charge in [0.25, 0.3) is 0 Å². The van der Waals surface area contributed by atoms with Crippen LogP contribution in [0, 0.1) is 0 Å². The lowest BCUT2D eigenvalue weighted by atomic mass is 10.1. The van der Waals surface area contributed by atoms with Crippen LogP contribution < -0.4 is 4.80 Å². The summed E-state index contributed by atoms with van der Waals surface area (Å²) in [4.78, 5) is 1.68. The zero-order valence-electron chi connectivity index (χ0n) is 11.6. The number of nitrogens with zero attached hydrogens (tertiary/aromatic N) is 6. The number of aromatic nitrogens is 8. The number of aromatic amines is 2. The Morgan fingerprint density at radius 3 is 2.63 bits per heavy atom. The Kier molecular flexibility index (Phi) is 3.98. The van der Waals surface area contributed by atoms with Gasteiger partial charge < -0.3 is 0 Å². The molecule has 1 unspecified atom stereocenters. The van der Waals surface area contributed by atoms with Crippen LogP contribution in [0.5, 0.6) is 0 Å². The highest BCUT2D eigenvalue weighted by molar-refractivity contribution is 5.27. The van der Waals surface area contributed by atoms with Gasteiger partial charge in [-0.25, -0.2) is 0 Å². The zero-order chi connectivity index (χ0) is 13.8. The van der Waals surface area contributed by atoms with Gasteiger partial charge in [0.15, 0.2) is 5.82 Å². The van der Waals surface area contributed by atoms with Crippen molar-refractivity contribution in [2.45, 2.75) is 46.0 Å². The number of hydrogen-bond acceptors (Lipinski definition) is 5. The zero-order valence-corrected chi connectivity index (χ0v) is 11.6. The Morgan fingerprint density at radius 1 is 1.26 bits per heavy atom. The quantitative estimate of drug-likeness (QED) is 0.777. The molecule has 0 saturated heterocycles. The van der Waals surface area contributed by atoms with Crippen LogP contribution in [-0.4, -0.2) is 36.0 Å². The molecule has 0 amide bonds. The average molecular weight is 263 g/mol. The van der Waals surface area contributed by atoms with Gasteiger partial charge in [0, 0.05) is 18.8 Å². The molecular formula is C11H19N8+. The number of nitrogens with one attached hydrogen (secondary N) is 2. The lowest BCUT2D eigenvalue weighted by Crippen LogP contribution is -2.36. The highest BCUT2D eigenvalue weighted by atomic mass is 15.6. The minimum atomic E-state index is 0.210. The summed E-state index contributed by atoms with van der Waals surface area (Å²) >= 11 is 0. The van der Waals surface area contributed by atoms with Gasteiger partial charge in [0.05, 0.1) is 5.10 Å². The second-order valence-electron chi connectivity index (χ2n) is 4.89. The Hall–Kier alpha value is -2.12. The SMILES string of the molecule is C/C(=C/CC(C)c1nn[nH]n1)[n+]1nc(C(C)C)n[nH]1. The molecule has 2 aromatic heterocycles. The predicted octanol–water partition coefficient (Wildman–Crippen LogP) is 0.783. The van der Waals surface area contributed by atoms with Crippen molar-refractivity contribution in [3.05, 3.63) is 17.7 Å². The summed E-state index contributed by atoms with van der Waals surface area (Å²) in [7, 11) is 0. The van der Waals surface area contributed by atoms with Crippen molar-refractivity contribution >= 4 is 5.70 Å². The molecule has 0 aliphatic heterocycles. The second-order valence-corrected chi connectivity index (χ2v) is 4.89. The van der Waals surface area contributed by atoms with Crippen molar-refractivity contribution in [2.75, 3.05) is 0 Å². The molecule has 0 saturated carbocycles. The monoisotopic (exact) mass is 263 g/mol. The van der Waals surface area contributed by atoms with Crippen LogP contribution in [0.3, 0.4) is 0 Å². The van der Waals surface area contributed by atoms with E-state index >= 15 is 0 Å². The molecule has 1 atom stereocenters. The summed E-state index contributed by atoms with van der Waals surface area (Å²) in [6.07, 6.45) is 2.90. The van der Waals surface area contributed by atoms with E-state index in [-0.39, 0.29) is 5.92 Å².